The zero-order valence-electron chi connectivity index (χ0n) is 7.53. The van der Waals surface area contributed by atoms with E-state index in [-0.39, 0.29) is 0 Å². The second-order valence-corrected chi connectivity index (χ2v) is 4.61. The first-order valence-corrected chi connectivity index (χ1v) is 5.61. The van der Waals surface area contributed by atoms with Gasteiger partial charge in [0.1, 0.15) is 0 Å². The van der Waals surface area contributed by atoms with Crippen LogP contribution < -0.4 is 0 Å². The number of rotatable bonds is 3. The molecule has 0 radical (unpaired) electrons. The first-order chi connectivity index (χ1) is 6.10. The van der Waals surface area contributed by atoms with Crippen molar-refractivity contribution in [2.24, 2.45) is 0 Å². The van der Waals surface area contributed by atoms with Crippen molar-refractivity contribution in [3.05, 3.63) is 41.8 Å². The Balaban J connectivity index is 3.24. The molecular formula is C10H12O2S. The summed E-state index contributed by atoms with van der Waals surface area (Å²) in [5.41, 5.74) is 1.02. The van der Waals surface area contributed by atoms with Crippen LogP contribution in [0.4, 0.5) is 0 Å². The van der Waals surface area contributed by atoms with Gasteiger partial charge in [0.05, 0.1) is 4.90 Å². The van der Waals surface area contributed by atoms with Crippen LogP contribution in [0, 0.1) is 0 Å². The third-order valence-electron chi connectivity index (χ3n) is 1.85. The second-order valence-electron chi connectivity index (χ2n) is 2.71. The Morgan fingerprint density at radius 3 is 2.69 bits per heavy atom. The van der Waals surface area contributed by atoms with Gasteiger partial charge in [-0.15, -0.1) is 0 Å². The van der Waals surface area contributed by atoms with Gasteiger partial charge in [0.25, 0.3) is 0 Å². The van der Waals surface area contributed by atoms with Crippen molar-refractivity contribution in [1.82, 2.24) is 0 Å². The van der Waals surface area contributed by atoms with Crippen LogP contribution in [0.25, 0.3) is 0 Å². The summed E-state index contributed by atoms with van der Waals surface area (Å²) in [5.74, 6) is 0. The first-order valence-electron chi connectivity index (χ1n) is 4.06. The molecule has 1 rings (SSSR count). The molecule has 0 N–H and O–H groups in total. The Hall–Kier alpha value is -1.09. The van der Waals surface area contributed by atoms with Crippen LogP contribution in [0.15, 0.2) is 41.1 Å². The van der Waals surface area contributed by atoms with Crippen molar-refractivity contribution in [2.75, 3.05) is 0 Å². The fourth-order valence-electron chi connectivity index (χ4n) is 1.04. The molecule has 13 heavy (non-hydrogen) atoms. The molecule has 0 saturated carbocycles. The van der Waals surface area contributed by atoms with Gasteiger partial charge in [-0.1, -0.05) is 25.6 Å². The largest absolute Gasteiger partial charge is 0.219 e. The minimum atomic E-state index is -3.27. The molecule has 0 saturated heterocycles. The lowest BCUT2D eigenvalue weighted by Gasteiger charge is -2.00. The first kappa shape index (κ1) is 9.99. The third-order valence-corrected chi connectivity index (χ3v) is 3.20. The molecule has 70 valence electrons. The highest BCUT2D eigenvalue weighted by Crippen LogP contribution is 2.13. The fraction of sp³-hybridized carbons (Fsp3) is 0.200. The zero-order valence-corrected chi connectivity index (χ0v) is 8.34. The smallest absolute Gasteiger partial charge is 0.199 e. The van der Waals surface area contributed by atoms with Gasteiger partial charge in [-0.2, -0.15) is 0 Å². The fourth-order valence-corrected chi connectivity index (χ4v) is 1.81. The van der Waals surface area contributed by atoms with Gasteiger partial charge in [0.15, 0.2) is 9.84 Å². The predicted octanol–water partition coefficient (Wildman–Crippen LogP) is 2.17. The standard InChI is InChI=1S/C10H12O2S/c1-3-9-6-5-7-10(8-9)13(11,12)4-2/h4-8H,2-3H2,1H3. The van der Waals surface area contributed by atoms with Crippen LogP contribution in [-0.2, 0) is 16.3 Å². The Morgan fingerprint density at radius 1 is 1.46 bits per heavy atom. The van der Waals surface area contributed by atoms with E-state index < -0.39 is 9.84 Å². The number of hydrogen-bond donors (Lipinski definition) is 0. The van der Waals surface area contributed by atoms with Crippen molar-refractivity contribution in [3.8, 4) is 0 Å². The molecule has 3 heteroatoms. The summed E-state index contributed by atoms with van der Waals surface area (Å²) >= 11 is 0. The van der Waals surface area contributed by atoms with Crippen molar-refractivity contribution < 1.29 is 8.42 Å². The monoisotopic (exact) mass is 196 g/mol. The van der Waals surface area contributed by atoms with Crippen molar-refractivity contribution in [2.45, 2.75) is 18.2 Å². The van der Waals surface area contributed by atoms with Crippen LogP contribution in [0.2, 0.25) is 0 Å². The van der Waals surface area contributed by atoms with Crippen LogP contribution in [0.3, 0.4) is 0 Å². The molecule has 0 fully saturated rings. The highest BCUT2D eigenvalue weighted by Gasteiger charge is 2.08. The maximum Gasteiger partial charge on any atom is 0.199 e. The van der Waals surface area contributed by atoms with Crippen LogP contribution >= 0.6 is 0 Å². The number of hydrogen-bond acceptors (Lipinski definition) is 2. The minimum absolute atomic E-state index is 0.321. The molecule has 0 heterocycles. The van der Waals surface area contributed by atoms with Gasteiger partial charge in [0, 0.05) is 5.41 Å². The van der Waals surface area contributed by atoms with Gasteiger partial charge in [-0.3, -0.25) is 0 Å². The maximum atomic E-state index is 11.4. The molecule has 0 spiro atoms. The third kappa shape index (κ3) is 2.18. The van der Waals surface area contributed by atoms with Gasteiger partial charge >= 0.3 is 0 Å². The highest BCUT2D eigenvalue weighted by atomic mass is 32.2. The predicted molar refractivity (Wildman–Crippen MR) is 53.2 cm³/mol. The van der Waals surface area contributed by atoms with E-state index in [1.807, 2.05) is 13.0 Å². The quantitative estimate of drug-likeness (QED) is 0.742. The van der Waals surface area contributed by atoms with Crippen molar-refractivity contribution >= 4 is 9.84 Å². The number of sulfone groups is 1. The molecule has 0 aliphatic carbocycles. The Labute approximate surface area is 78.8 Å². The lowest BCUT2D eigenvalue weighted by Crippen LogP contribution is -1.96. The lowest BCUT2D eigenvalue weighted by molar-refractivity contribution is 0.604. The molecule has 0 amide bonds. The van der Waals surface area contributed by atoms with E-state index in [2.05, 4.69) is 6.58 Å². The van der Waals surface area contributed by atoms with Crippen molar-refractivity contribution in [1.29, 1.82) is 0 Å². The maximum absolute atomic E-state index is 11.4. The summed E-state index contributed by atoms with van der Waals surface area (Å²) in [4.78, 5) is 0.321. The molecule has 2 nitrogen and oxygen atoms in total. The van der Waals surface area contributed by atoms with E-state index >= 15 is 0 Å². The molecule has 0 aliphatic rings. The van der Waals surface area contributed by atoms with Crippen LogP contribution in [0.1, 0.15) is 12.5 Å². The Morgan fingerprint density at radius 2 is 2.15 bits per heavy atom. The SMILES string of the molecule is C=CS(=O)(=O)c1cccc(CC)c1. The molecule has 0 aromatic heterocycles. The second kappa shape index (κ2) is 3.75. The lowest BCUT2D eigenvalue weighted by atomic mass is 10.2. The van der Waals surface area contributed by atoms with E-state index in [4.69, 9.17) is 0 Å². The molecule has 1 aromatic rings. The zero-order chi connectivity index (χ0) is 9.90. The Bertz CT molecular complexity index is 405. The van der Waals surface area contributed by atoms with Gasteiger partial charge in [-0.25, -0.2) is 8.42 Å². The molecule has 0 unspecified atom stereocenters. The minimum Gasteiger partial charge on any atom is -0.219 e. The number of aryl methyl sites for hydroxylation is 1. The molecule has 0 aliphatic heterocycles. The van der Waals surface area contributed by atoms with Gasteiger partial charge in [0.2, 0.25) is 0 Å². The van der Waals surface area contributed by atoms with E-state index in [0.717, 1.165) is 17.4 Å². The summed E-state index contributed by atoms with van der Waals surface area (Å²) < 4.78 is 22.7. The molecule has 0 bridgehead atoms. The summed E-state index contributed by atoms with van der Waals surface area (Å²) in [5, 5.41) is 0.974. The highest BCUT2D eigenvalue weighted by molar-refractivity contribution is 7.94. The normalized spacial score (nSPS) is 11.2. The molecular weight excluding hydrogens is 184 g/mol. The average molecular weight is 196 g/mol. The summed E-state index contributed by atoms with van der Waals surface area (Å²) in [6, 6.07) is 6.91. The summed E-state index contributed by atoms with van der Waals surface area (Å²) in [6.07, 6.45) is 0.834. The average Bonchev–Trinajstić information content (AvgIpc) is 2.18. The van der Waals surface area contributed by atoms with Gasteiger partial charge < -0.3 is 0 Å². The topological polar surface area (TPSA) is 34.1 Å². The van der Waals surface area contributed by atoms with E-state index in [0.29, 0.717) is 4.90 Å². The van der Waals surface area contributed by atoms with Crippen molar-refractivity contribution in [3.63, 3.8) is 0 Å². The van der Waals surface area contributed by atoms with E-state index in [1.54, 1.807) is 18.2 Å². The van der Waals surface area contributed by atoms with Crippen LogP contribution in [-0.4, -0.2) is 8.42 Å². The summed E-state index contributed by atoms with van der Waals surface area (Å²) in [7, 11) is -3.27. The van der Waals surface area contributed by atoms with Crippen LogP contribution in [0.5, 0.6) is 0 Å². The Kier molecular flexibility index (Phi) is 2.88. The number of benzene rings is 1. The van der Waals surface area contributed by atoms with E-state index in [1.165, 1.54) is 0 Å². The van der Waals surface area contributed by atoms with E-state index in [9.17, 15) is 8.42 Å². The molecule has 1 aromatic carbocycles. The van der Waals surface area contributed by atoms with Gasteiger partial charge in [-0.05, 0) is 24.1 Å². The molecule has 0 atom stereocenters. The summed E-state index contributed by atoms with van der Waals surface area (Å²) in [6.45, 7) is 5.26.